The van der Waals surface area contributed by atoms with Crippen LogP contribution >= 0.6 is 0 Å². The van der Waals surface area contributed by atoms with Gasteiger partial charge in [0.15, 0.2) is 5.78 Å². The van der Waals surface area contributed by atoms with E-state index in [1.54, 1.807) is 0 Å². The second-order valence-electron chi connectivity index (χ2n) is 4.65. The van der Waals surface area contributed by atoms with Gasteiger partial charge in [-0.05, 0) is 45.2 Å². The molecular weight excluding hydrogens is 196 g/mol. The van der Waals surface area contributed by atoms with Crippen LogP contribution in [0.4, 0.5) is 0 Å². The first-order chi connectivity index (χ1) is 7.41. The van der Waals surface area contributed by atoms with E-state index in [0.717, 1.165) is 28.7 Å². The molecule has 0 spiro atoms. The van der Waals surface area contributed by atoms with Gasteiger partial charge in [-0.15, -0.1) is 6.58 Å². The molecular formula is C15H20O. The molecule has 1 aromatic rings. The van der Waals surface area contributed by atoms with Gasteiger partial charge in [0.05, 0.1) is 0 Å². The predicted octanol–water partition coefficient (Wildman–Crippen LogP) is 4.15. The van der Waals surface area contributed by atoms with Gasteiger partial charge in [-0.25, -0.2) is 0 Å². The van der Waals surface area contributed by atoms with Crippen LogP contribution in [0.25, 0.3) is 0 Å². The third-order valence-electron chi connectivity index (χ3n) is 2.73. The first-order valence-electron chi connectivity index (χ1n) is 5.67. The SMILES string of the molecule is C=C(C)CCC(=O)c1c(C)cc(C)cc1C. The first kappa shape index (κ1) is 12.7. The number of allylic oxidation sites excluding steroid dienone is 1. The average Bonchev–Trinajstić information content (AvgIpc) is 2.12. The van der Waals surface area contributed by atoms with Crippen LogP contribution in [0.15, 0.2) is 24.3 Å². The van der Waals surface area contributed by atoms with Crippen molar-refractivity contribution in [1.29, 1.82) is 0 Å². The summed E-state index contributed by atoms with van der Waals surface area (Å²) in [5.74, 6) is 0.234. The summed E-state index contributed by atoms with van der Waals surface area (Å²) >= 11 is 0. The molecule has 0 saturated heterocycles. The van der Waals surface area contributed by atoms with Crippen molar-refractivity contribution in [2.24, 2.45) is 0 Å². The minimum absolute atomic E-state index is 0.234. The fraction of sp³-hybridized carbons (Fsp3) is 0.400. The standard InChI is InChI=1S/C15H20O/c1-10(2)6-7-14(16)15-12(4)8-11(3)9-13(15)5/h8-9H,1,6-7H2,2-5H3. The zero-order valence-corrected chi connectivity index (χ0v) is 10.7. The van der Waals surface area contributed by atoms with Gasteiger partial charge in [0.25, 0.3) is 0 Å². The van der Waals surface area contributed by atoms with Crippen molar-refractivity contribution in [3.63, 3.8) is 0 Å². The molecule has 1 aromatic carbocycles. The van der Waals surface area contributed by atoms with E-state index < -0.39 is 0 Å². The molecule has 0 aliphatic carbocycles. The Morgan fingerprint density at radius 1 is 1.12 bits per heavy atom. The van der Waals surface area contributed by atoms with Crippen molar-refractivity contribution < 1.29 is 4.79 Å². The number of hydrogen-bond donors (Lipinski definition) is 0. The van der Waals surface area contributed by atoms with E-state index in [1.807, 2.05) is 20.8 Å². The molecule has 0 bridgehead atoms. The maximum atomic E-state index is 12.1. The molecule has 0 amide bonds. The summed E-state index contributed by atoms with van der Waals surface area (Å²) < 4.78 is 0. The first-order valence-corrected chi connectivity index (χ1v) is 5.67. The van der Waals surface area contributed by atoms with Crippen LogP contribution in [0.1, 0.15) is 46.8 Å². The number of hydrogen-bond acceptors (Lipinski definition) is 1. The predicted molar refractivity (Wildman–Crippen MR) is 69.0 cm³/mol. The Hall–Kier alpha value is -1.37. The number of carbonyl (C=O) groups excluding carboxylic acids is 1. The molecule has 1 heteroatoms. The van der Waals surface area contributed by atoms with Gasteiger partial charge in [0.1, 0.15) is 0 Å². The van der Waals surface area contributed by atoms with Crippen molar-refractivity contribution >= 4 is 5.78 Å². The summed E-state index contributed by atoms with van der Waals surface area (Å²) in [6.07, 6.45) is 1.35. The molecule has 0 N–H and O–H groups in total. The number of rotatable bonds is 4. The van der Waals surface area contributed by atoms with Crippen LogP contribution in [0.3, 0.4) is 0 Å². The third-order valence-corrected chi connectivity index (χ3v) is 2.73. The maximum absolute atomic E-state index is 12.1. The van der Waals surface area contributed by atoms with Crippen molar-refractivity contribution in [3.8, 4) is 0 Å². The van der Waals surface area contributed by atoms with Gasteiger partial charge < -0.3 is 0 Å². The summed E-state index contributed by atoms with van der Waals surface area (Å²) in [5.41, 5.74) is 5.35. The highest BCUT2D eigenvalue weighted by Crippen LogP contribution is 2.19. The molecule has 0 fully saturated rings. The van der Waals surface area contributed by atoms with Crippen LogP contribution < -0.4 is 0 Å². The molecule has 86 valence electrons. The van der Waals surface area contributed by atoms with Crippen LogP contribution in [0, 0.1) is 20.8 Å². The lowest BCUT2D eigenvalue weighted by molar-refractivity contribution is 0.0981. The number of ketones is 1. The monoisotopic (exact) mass is 216 g/mol. The molecule has 0 saturated carbocycles. The molecule has 0 heterocycles. The van der Waals surface area contributed by atoms with Crippen LogP contribution in [0.2, 0.25) is 0 Å². The second-order valence-corrected chi connectivity index (χ2v) is 4.65. The van der Waals surface area contributed by atoms with Crippen molar-refractivity contribution in [2.45, 2.75) is 40.5 Å². The number of aryl methyl sites for hydroxylation is 3. The zero-order valence-electron chi connectivity index (χ0n) is 10.7. The molecule has 0 atom stereocenters. The lowest BCUT2D eigenvalue weighted by atomic mass is 9.94. The van der Waals surface area contributed by atoms with E-state index >= 15 is 0 Å². The molecule has 0 aromatic heterocycles. The maximum Gasteiger partial charge on any atom is 0.163 e. The molecule has 1 nitrogen and oxygen atoms in total. The van der Waals surface area contributed by atoms with Crippen molar-refractivity contribution in [1.82, 2.24) is 0 Å². The number of Topliss-reactive ketones (excluding diaryl/α,β-unsaturated/α-hetero) is 1. The molecule has 0 radical (unpaired) electrons. The lowest BCUT2D eigenvalue weighted by Crippen LogP contribution is -2.05. The molecule has 16 heavy (non-hydrogen) atoms. The Morgan fingerprint density at radius 2 is 1.62 bits per heavy atom. The smallest absolute Gasteiger partial charge is 0.163 e. The Kier molecular flexibility index (Phi) is 4.05. The van der Waals surface area contributed by atoms with Gasteiger partial charge in [-0.1, -0.05) is 23.3 Å². The van der Waals surface area contributed by atoms with E-state index in [-0.39, 0.29) is 5.78 Å². The van der Waals surface area contributed by atoms with E-state index in [2.05, 4.69) is 25.6 Å². The lowest BCUT2D eigenvalue weighted by Gasteiger charge is -2.10. The summed E-state index contributed by atoms with van der Waals surface area (Å²) in [6, 6.07) is 4.14. The van der Waals surface area contributed by atoms with Gasteiger partial charge in [0.2, 0.25) is 0 Å². The minimum Gasteiger partial charge on any atom is -0.294 e. The highest BCUT2D eigenvalue weighted by Gasteiger charge is 2.12. The van der Waals surface area contributed by atoms with Crippen LogP contribution in [0.5, 0.6) is 0 Å². The summed E-state index contributed by atoms with van der Waals surface area (Å²) in [6.45, 7) is 11.9. The van der Waals surface area contributed by atoms with Crippen molar-refractivity contribution in [3.05, 3.63) is 46.5 Å². The van der Waals surface area contributed by atoms with Gasteiger partial charge in [0, 0.05) is 12.0 Å². The Bertz CT molecular complexity index is 404. The van der Waals surface area contributed by atoms with Gasteiger partial charge in [-0.3, -0.25) is 4.79 Å². The van der Waals surface area contributed by atoms with Gasteiger partial charge in [-0.2, -0.15) is 0 Å². The highest BCUT2D eigenvalue weighted by molar-refractivity contribution is 5.99. The summed E-state index contributed by atoms with van der Waals surface area (Å²) in [7, 11) is 0. The normalized spacial score (nSPS) is 10.2. The van der Waals surface area contributed by atoms with E-state index in [1.165, 1.54) is 5.56 Å². The molecule has 1 rings (SSSR count). The molecule has 0 aliphatic heterocycles. The third kappa shape index (κ3) is 3.06. The second kappa shape index (κ2) is 5.11. The highest BCUT2D eigenvalue weighted by atomic mass is 16.1. The number of benzene rings is 1. The largest absolute Gasteiger partial charge is 0.294 e. The van der Waals surface area contributed by atoms with Crippen molar-refractivity contribution in [2.75, 3.05) is 0 Å². The Labute approximate surface area is 98.2 Å². The fourth-order valence-electron chi connectivity index (χ4n) is 2.07. The Balaban J connectivity index is 2.95. The molecule has 0 aliphatic rings. The van der Waals surface area contributed by atoms with Crippen LogP contribution in [-0.2, 0) is 0 Å². The van der Waals surface area contributed by atoms with E-state index in [4.69, 9.17) is 0 Å². The topological polar surface area (TPSA) is 17.1 Å². The van der Waals surface area contributed by atoms with Crippen LogP contribution in [-0.4, -0.2) is 5.78 Å². The number of carbonyl (C=O) groups is 1. The van der Waals surface area contributed by atoms with E-state index in [0.29, 0.717) is 6.42 Å². The Morgan fingerprint density at radius 3 is 2.06 bits per heavy atom. The molecule has 0 unspecified atom stereocenters. The fourth-order valence-corrected chi connectivity index (χ4v) is 2.07. The summed E-state index contributed by atoms with van der Waals surface area (Å²) in [4.78, 5) is 12.1. The summed E-state index contributed by atoms with van der Waals surface area (Å²) in [5, 5.41) is 0. The zero-order chi connectivity index (χ0) is 12.3. The average molecular weight is 216 g/mol. The van der Waals surface area contributed by atoms with E-state index in [9.17, 15) is 4.79 Å². The van der Waals surface area contributed by atoms with Gasteiger partial charge >= 0.3 is 0 Å². The quantitative estimate of drug-likeness (QED) is 0.546. The minimum atomic E-state index is 0.234.